The highest BCUT2D eigenvalue weighted by atomic mass is 32.2. The second-order valence-electron chi connectivity index (χ2n) is 9.45. The second-order valence-corrected chi connectivity index (χ2v) is 11.1. The van der Waals surface area contributed by atoms with Crippen molar-refractivity contribution in [2.45, 2.75) is 37.9 Å². The highest BCUT2D eigenvalue weighted by Gasteiger charge is 2.35. The third kappa shape index (κ3) is 9.98. The van der Waals surface area contributed by atoms with Gasteiger partial charge in [-0.3, -0.25) is 0 Å². The number of nitrogens with zero attached hydrogens (tertiary/aromatic N) is 5. The van der Waals surface area contributed by atoms with E-state index in [1.54, 1.807) is 42.8 Å². The first-order valence-electron chi connectivity index (χ1n) is 13.0. The van der Waals surface area contributed by atoms with Crippen molar-refractivity contribution >= 4 is 22.3 Å². The highest BCUT2D eigenvalue weighted by molar-refractivity contribution is 7.90. The Balaban J connectivity index is 1.58. The van der Waals surface area contributed by atoms with Crippen LogP contribution in [0, 0.1) is 12.1 Å². The fourth-order valence-electron chi connectivity index (χ4n) is 3.40. The smallest absolute Gasteiger partial charge is 0.511 e. The maximum absolute atomic E-state index is 13.5. The van der Waals surface area contributed by atoms with Crippen LogP contribution in [0.2, 0.25) is 0 Å². The van der Waals surface area contributed by atoms with Crippen molar-refractivity contribution in [3.8, 4) is 16.9 Å². The SMILES string of the molecule is Cc1ccc(-c2cc(C(F)(F)F)nn2-c2ccc(S(=O)(=O)NC(=O)OCCN(C)/[N+]([O-])=N/OCOC(=O)OC(C)C)cc2)cc1. The lowest BCUT2D eigenvalue weighted by molar-refractivity contribution is -0.706. The van der Waals surface area contributed by atoms with E-state index < -0.39 is 53.6 Å². The molecule has 19 heteroatoms. The van der Waals surface area contributed by atoms with Gasteiger partial charge in [0.2, 0.25) is 5.28 Å². The Morgan fingerprint density at radius 2 is 1.76 bits per heavy atom. The van der Waals surface area contributed by atoms with Gasteiger partial charge in [0.15, 0.2) is 5.69 Å². The number of aromatic nitrogens is 2. The molecule has 0 aliphatic rings. The number of rotatable bonds is 12. The molecule has 15 nitrogen and oxygen atoms in total. The van der Waals surface area contributed by atoms with E-state index >= 15 is 0 Å². The van der Waals surface area contributed by atoms with Crippen LogP contribution in [-0.4, -0.2) is 73.5 Å². The molecular weight excluding hydrogens is 629 g/mol. The molecule has 45 heavy (non-hydrogen) atoms. The predicted octanol–water partition coefficient (Wildman–Crippen LogP) is 4.54. The van der Waals surface area contributed by atoms with Gasteiger partial charge in [-0.1, -0.05) is 29.8 Å². The summed E-state index contributed by atoms with van der Waals surface area (Å²) >= 11 is 0. The van der Waals surface area contributed by atoms with Crippen LogP contribution in [0.3, 0.4) is 0 Å². The lowest BCUT2D eigenvalue weighted by Gasteiger charge is -2.13. The Bertz CT molecular complexity index is 1610. The number of carbonyl (C=O) groups excluding carboxylic acids is 2. The van der Waals surface area contributed by atoms with E-state index in [0.717, 1.165) is 33.5 Å². The molecule has 0 radical (unpaired) electrons. The van der Waals surface area contributed by atoms with E-state index in [1.165, 1.54) is 19.2 Å². The Hall–Kier alpha value is -5.07. The molecule has 0 saturated heterocycles. The van der Waals surface area contributed by atoms with E-state index in [-0.39, 0.29) is 27.8 Å². The van der Waals surface area contributed by atoms with Gasteiger partial charge in [-0.15, -0.1) is 5.01 Å². The molecule has 0 fully saturated rings. The van der Waals surface area contributed by atoms with E-state index in [4.69, 9.17) is 4.74 Å². The Kier molecular flexibility index (Phi) is 11.2. The number of halogens is 3. The largest absolute Gasteiger partial charge is 0.569 e. The summed E-state index contributed by atoms with van der Waals surface area (Å²) in [5, 5.41) is 19.5. The zero-order valence-electron chi connectivity index (χ0n) is 24.3. The molecule has 244 valence electrons. The number of hydrogen-bond donors (Lipinski definition) is 1. The molecule has 0 spiro atoms. The summed E-state index contributed by atoms with van der Waals surface area (Å²) in [6.45, 7) is 3.61. The van der Waals surface area contributed by atoms with Gasteiger partial charge in [-0.2, -0.15) is 18.3 Å². The number of sulfonamides is 1. The maximum atomic E-state index is 13.5. The molecule has 0 aliphatic heterocycles. The third-order valence-corrected chi connectivity index (χ3v) is 6.91. The van der Waals surface area contributed by atoms with Crippen LogP contribution in [0.4, 0.5) is 22.8 Å². The van der Waals surface area contributed by atoms with Crippen LogP contribution < -0.4 is 4.72 Å². The fourth-order valence-corrected chi connectivity index (χ4v) is 4.29. The van der Waals surface area contributed by atoms with E-state index in [2.05, 4.69) is 24.7 Å². The number of alkyl halides is 3. The zero-order chi connectivity index (χ0) is 33.4. The molecule has 3 rings (SSSR count). The van der Waals surface area contributed by atoms with Gasteiger partial charge in [-0.05, 0) is 51.1 Å². The molecule has 0 saturated carbocycles. The minimum atomic E-state index is -4.72. The Morgan fingerprint density at radius 1 is 1.11 bits per heavy atom. The molecular formula is C26H29F3N6O9S. The molecule has 1 aromatic heterocycles. The van der Waals surface area contributed by atoms with E-state index in [1.807, 2.05) is 6.92 Å². The number of hydrazine groups is 1. The first kappa shape index (κ1) is 34.4. The van der Waals surface area contributed by atoms with Crippen molar-refractivity contribution in [3.05, 3.63) is 71.1 Å². The molecule has 0 aliphatic carbocycles. The fraction of sp³-hybridized carbons (Fsp3) is 0.346. The number of aryl methyl sites for hydroxylation is 1. The number of amides is 1. The minimum absolute atomic E-state index is 0.0434. The number of likely N-dealkylation sites (N-methyl/N-ethyl adjacent to an activating group) is 1. The summed E-state index contributed by atoms with van der Waals surface area (Å²) in [4.78, 5) is 27.4. The topological polar surface area (TPSA) is 177 Å². The average Bonchev–Trinajstić information content (AvgIpc) is 3.41. The first-order valence-corrected chi connectivity index (χ1v) is 14.4. The number of ether oxygens (including phenoxy) is 3. The van der Waals surface area contributed by atoms with Crippen molar-refractivity contribution < 1.29 is 55.2 Å². The number of carbonyl (C=O) groups is 2. The third-order valence-electron chi connectivity index (χ3n) is 5.59. The van der Waals surface area contributed by atoms with Gasteiger partial charge in [0.1, 0.15) is 13.2 Å². The van der Waals surface area contributed by atoms with Crippen LogP contribution in [-0.2, 0) is 35.2 Å². The summed E-state index contributed by atoms with van der Waals surface area (Å²) in [7, 11) is -3.21. The first-order chi connectivity index (χ1) is 21.1. The molecule has 2 aromatic carbocycles. The van der Waals surface area contributed by atoms with Gasteiger partial charge >= 0.3 is 18.4 Å². The second kappa shape index (κ2) is 14.6. The summed E-state index contributed by atoms with van der Waals surface area (Å²) < 4.78 is 82.4. The summed E-state index contributed by atoms with van der Waals surface area (Å²) in [6.07, 6.45) is -7.53. The molecule has 3 aromatic rings. The van der Waals surface area contributed by atoms with Crippen molar-refractivity contribution in [2.24, 2.45) is 5.28 Å². The number of benzene rings is 2. The van der Waals surface area contributed by atoms with Crippen molar-refractivity contribution in [1.82, 2.24) is 19.5 Å². The number of hydrogen-bond acceptors (Lipinski definition) is 11. The minimum Gasteiger partial charge on any atom is -0.569 e. The molecule has 0 atom stereocenters. The standard InChI is InChI=1S/C26H29F3N6O9S/c1-17(2)44-25(37)42-16-43-32-35(38)33(4)13-14-41-24(36)31-45(39,40)21-11-9-20(10-12-21)34-22(15-23(30-34)26(27,28)29)19-7-5-18(3)6-8-19/h5-12,15,17H,13-14,16H2,1-4H3,(H,31,36)/b35-32-. The normalized spacial score (nSPS) is 12.0. The zero-order valence-corrected chi connectivity index (χ0v) is 25.2. The monoisotopic (exact) mass is 658 g/mol. The van der Waals surface area contributed by atoms with Crippen molar-refractivity contribution in [1.29, 1.82) is 0 Å². The summed E-state index contributed by atoms with van der Waals surface area (Å²) in [5.74, 6) is 0. The number of nitrogens with one attached hydrogen (secondary N) is 1. The average molecular weight is 659 g/mol. The van der Waals surface area contributed by atoms with Gasteiger partial charge in [-0.25, -0.2) is 27.4 Å². The van der Waals surface area contributed by atoms with Crippen LogP contribution in [0.1, 0.15) is 25.1 Å². The van der Waals surface area contributed by atoms with Crippen LogP contribution >= 0.6 is 0 Å². The van der Waals surface area contributed by atoms with Crippen molar-refractivity contribution in [3.63, 3.8) is 0 Å². The van der Waals surface area contributed by atoms with Gasteiger partial charge in [0, 0.05) is 5.56 Å². The Labute approximate surface area is 255 Å². The maximum Gasteiger partial charge on any atom is 0.511 e. The predicted molar refractivity (Wildman–Crippen MR) is 148 cm³/mol. The lowest BCUT2D eigenvalue weighted by Crippen LogP contribution is -2.35. The van der Waals surface area contributed by atoms with Gasteiger partial charge < -0.3 is 24.3 Å². The lowest BCUT2D eigenvalue weighted by atomic mass is 10.1. The van der Waals surface area contributed by atoms with Gasteiger partial charge in [0.25, 0.3) is 16.8 Å². The highest BCUT2D eigenvalue weighted by Crippen LogP contribution is 2.33. The molecule has 0 bridgehead atoms. The molecule has 0 unspecified atom stereocenters. The van der Waals surface area contributed by atoms with E-state index in [0.29, 0.717) is 5.56 Å². The molecule has 1 amide bonds. The van der Waals surface area contributed by atoms with Crippen LogP contribution in [0.5, 0.6) is 0 Å². The summed E-state index contributed by atoms with van der Waals surface area (Å²) in [5.41, 5.74) is 0.471. The van der Waals surface area contributed by atoms with Crippen molar-refractivity contribution in [2.75, 3.05) is 27.0 Å². The Morgan fingerprint density at radius 3 is 2.36 bits per heavy atom. The van der Waals surface area contributed by atoms with E-state index in [9.17, 15) is 36.4 Å². The van der Waals surface area contributed by atoms with Gasteiger partial charge in [0.05, 0.1) is 34.4 Å². The van der Waals surface area contributed by atoms with Crippen LogP contribution in [0.15, 0.2) is 64.8 Å². The molecule has 1 heterocycles. The summed E-state index contributed by atoms with van der Waals surface area (Å²) in [6, 6.07) is 12.2. The molecule has 1 N–H and O–H groups in total. The van der Waals surface area contributed by atoms with Crippen LogP contribution in [0.25, 0.3) is 16.9 Å². The quantitative estimate of drug-likeness (QED) is 0.0722.